The average Bonchev–Trinajstić information content (AvgIpc) is 3.37. The van der Waals surface area contributed by atoms with E-state index in [-0.39, 0.29) is 12.5 Å². The van der Waals surface area contributed by atoms with E-state index in [1.54, 1.807) is 29.8 Å². The number of ether oxygens (including phenoxy) is 1. The lowest BCUT2D eigenvalue weighted by Gasteiger charge is -2.08. The first-order valence-electron chi connectivity index (χ1n) is 8.43. The number of para-hydroxylation sites is 1. The number of amides is 1. The van der Waals surface area contributed by atoms with Crippen molar-refractivity contribution in [2.75, 3.05) is 5.32 Å². The summed E-state index contributed by atoms with van der Waals surface area (Å²) in [5, 5.41) is 5.49. The molecule has 1 amide bonds. The van der Waals surface area contributed by atoms with E-state index in [2.05, 4.69) is 15.3 Å². The fourth-order valence-electron chi connectivity index (χ4n) is 2.69. The van der Waals surface area contributed by atoms with Gasteiger partial charge in [-0.2, -0.15) is 0 Å². The van der Waals surface area contributed by atoms with Gasteiger partial charge in [-0.05, 0) is 24.3 Å². The number of aromatic nitrogens is 2. The van der Waals surface area contributed by atoms with Gasteiger partial charge in [0, 0.05) is 17.7 Å². The quantitative estimate of drug-likeness (QED) is 0.509. The molecule has 3 aromatic heterocycles. The number of benzene rings is 1. The summed E-state index contributed by atoms with van der Waals surface area (Å²) in [4.78, 5) is 32.6. The molecule has 0 radical (unpaired) electrons. The van der Waals surface area contributed by atoms with Crippen molar-refractivity contribution in [2.24, 2.45) is 0 Å². The molecule has 0 aliphatic carbocycles. The Balaban J connectivity index is 1.59. The molecule has 0 bridgehead atoms. The lowest BCUT2D eigenvalue weighted by Crippen LogP contribution is -2.08. The molecule has 7 nitrogen and oxygen atoms in total. The van der Waals surface area contributed by atoms with E-state index >= 15 is 0 Å². The van der Waals surface area contributed by atoms with Crippen LogP contribution in [0.2, 0.25) is 0 Å². The van der Waals surface area contributed by atoms with Crippen molar-refractivity contribution in [3.8, 4) is 11.5 Å². The Labute approximate surface area is 164 Å². The summed E-state index contributed by atoms with van der Waals surface area (Å²) in [5.74, 6) is -0.119. The number of pyridine rings is 1. The van der Waals surface area contributed by atoms with Gasteiger partial charge in [-0.15, -0.1) is 11.3 Å². The number of hydrogen-bond donors (Lipinski definition) is 1. The first-order valence-corrected chi connectivity index (χ1v) is 9.31. The minimum atomic E-state index is -0.486. The van der Waals surface area contributed by atoms with Gasteiger partial charge in [0.25, 0.3) is 0 Å². The summed E-state index contributed by atoms with van der Waals surface area (Å²) in [6.07, 6.45) is 1.55. The van der Waals surface area contributed by atoms with E-state index in [0.717, 1.165) is 0 Å². The number of esters is 1. The molecule has 28 heavy (non-hydrogen) atoms. The molecule has 4 aromatic rings. The standard InChI is InChI=1S/C20H15N3O4S/c1-12(24)21-20-22-13(11-28-20)10-27-19(25)15-9-17(18-7-4-8-26-18)23-16-6-3-2-5-14(15)16/h2-9,11H,10H2,1H3,(H,21,22,24). The fraction of sp³-hybridized carbons (Fsp3) is 0.100. The highest BCUT2D eigenvalue weighted by molar-refractivity contribution is 7.13. The zero-order chi connectivity index (χ0) is 19.5. The Morgan fingerprint density at radius 1 is 1.18 bits per heavy atom. The number of nitrogens with zero attached hydrogens (tertiary/aromatic N) is 2. The van der Waals surface area contributed by atoms with E-state index in [1.807, 2.05) is 24.3 Å². The average molecular weight is 393 g/mol. The molecule has 0 unspecified atom stereocenters. The second-order valence-corrected chi connectivity index (χ2v) is 6.81. The highest BCUT2D eigenvalue weighted by Crippen LogP contribution is 2.26. The minimum absolute atomic E-state index is 0.00164. The van der Waals surface area contributed by atoms with Crippen LogP contribution in [0, 0.1) is 0 Å². The second kappa shape index (κ2) is 7.61. The SMILES string of the molecule is CC(=O)Nc1nc(COC(=O)c2cc(-c3ccco3)nc3ccccc23)cs1. The molecule has 0 saturated carbocycles. The number of thiazole rings is 1. The molecular weight excluding hydrogens is 378 g/mol. The van der Waals surface area contributed by atoms with Gasteiger partial charge in [0.2, 0.25) is 5.91 Å². The monoisotopic (exact) mass is 393 g/mol. The molecule has 8 heteroatoms. The molecule has 3 heterocycles. The molecule has 1 aromatic carbocycles. The second-order valence-electron chi connectivity index (χ2n) is 5.95. The van der Waals surface area contributed by atoms with Crippen molar-refractivity contribution in [3.63, 3.8) is 0 Å². The molecule has 1 N–H and O–H groups in total. The van der Waals surface area contributed by atoms with Crippen molar-refractivity contribution in [2.45, 2.75) is 13.5 Å². The van der Waals surface area contributed by atoms with Crippen molar-refractivity contribution in [1.82, 2.24) is 9.97 Å². The van der Waals surface area contributed by atoms with Gasteiger partial charge in [-0.25, -0.2) is 14.8 Å². The number of rotatable bonds is 5. The van der Waals surface area contributed by atoms with Crippen LogP contribution >= 0.6 is 11.3 Å². The van der Waals surface area contributed by atoms with Gasteiger partial charge in [-0.3, -0.25) is 4.79 Å². The van der Waals surface area contributed by atoms with Gasteiger partial charge in [-0.1, -0.05) is 18.2 Å². The Kier molecular flexibility index (Phi) is 4.86. The maximum Gasteiger partial charge on any atom is 0.339 e. The predicted octanol–water partition coefficient (Wildman–Crippen LogP) is 4.27. The maximum absolute atomic E-state index is 12.8. The number of carbonyl (C=O) groups is 2. The summed E-state index contributed by atoms with van der Waals surface area (Å²) >= 11 is 1.27. The third kappa shape index (κ3) is 3.77. The van der Waals surface area contributed by atoms with Gasteiger partial charge in [0.1, 0.15) is 12.3 Å². The normalized spacial score (nSPS) is 10.8. The van der Waals surface area contributed by atoms with Crippen LogP contribution in [0.25, 0.3) is 22.4 Å². The van der Waals surface area contributed by atoms with Crippen LogP contribution in [-0.4, -0.2) is 21.8 Å². The van der Waals surface area contributed by atoms with Crippen LogP contribution in [-0.2, 0) is 16.1 Å². The molecule has 0 spiro atoms. The number of hydrogen-bond acceptors (Lipinski definition) is 7. The third-order valence-corrected chi connectivity index (χ3v) is 4.70. The van der Waals surface area contributed by atoms with Crippen LogP contribution in [0.4, 0.5) is 5.13 Å². The van der Waals surface area contributed by atoms with Crippen molar-refractivity contribution in [1.29, 1.82) is 0 Å². The van der Waals surface area contributed by atoms with E-state index in [1.165, 1.54) is 18.3 Å². The summed E-state index contributed by atoms with van der Waals surface area (Å²) < 4.78 is 10.9. The minimum Gasteiger partial charge on any atom is -0.463 e. The zero-order valence-corrected chi connectivity index (χ0v) is 15.7. The molecular formula is C20H15N3O4S. The van der Waals surface area contributed by atoms with E-state index in [0.29, 0.717) is 38.7 Å². The van der Waals surface area contributed by atoms with Crippen LogP contribution in [0.5, 0.6) is 0 Å². The summed E-state index contributed by atoms with van der Waals surface area (Å²) in [6.45, 7) is 1.41. The van der Waals surface area contributed by atoms with Gasteiger partial charge in [0.15, 0.2) is 10.9 Å². The molecule has 0 atom stereocenters. The largest absolute Gasteiger partial charge is 0.463 e. The molecule has 0 saturated heterocycles. The van der Waals surface area contributed by atoms with E-state index in [9.17, 15) is 9.59 Å². The maximum atomic E-state index is 12.8. The summed E-state index contributed by atoms with van der Waals surface area (Å²) in [5.41, 5.74) is 2.18. The number of nitrogens with one attached hydrogen (secondary N) is 1. The van der Waals surface area contributed by atoms with E-state index in [4.69, 9.17) is 9.15 Å². The van der Waals surface area contributed by atoms with Gasteiger partial charge < -0.3 is 14.5 Å². The topological polar surface area (TPSA) is 94.3 Å². The van der Waals surface area contributed by atoms with Gasteiger partial charge in [0.05, 0.1) is 23.0 Å². The van der Waals surface area contributed by atoms with Crippen LogP contribution in [0.1, 0.15) is 23.0 Å². The van der Waals surface area contributed by atoms with Crippen molar-refractivity contribution >= 4 is 39.2 Å². The highest BCUT2D eigenvalue weighted by atomic mass is 32.1. The van der Waals surface area contributed by atoms with Crippen LogP contribution in [0.3, 0.4) is 0 Å². The number of furan rings is 1. The molecule has 0 aliphatic rings. The van der Waals surface area contributed by atoms with Crippen LogP contribution in [0.15, 0.2) is 58.5 Å². The predicted molar refractivity (Wildman–Crippen MR) is 105 cm³/mol. The van der Waals surface area contributed by atoms with Crippen molar-refractivity contribution in [3.05, 3.63) is 65.4 Å². The Morgan fingerprint density at radius 3 is 2.82 bits per heavy atom. The summed E-state index contributed by atoms with van der Waals surface area (Å²) in [6, 6.07) is 12.6. The summed E-state index contributed by atoms with van der Waals surface area (Å²) in [7, 11) is 0. The number of anilines is 1. The van der Waals surface area contributed by atoms with E-state index < -0.39 is 5.97 Å². The lowest BCUT2D eigenvalue weighted by molar-refractivity contribution is -0.114. The highest BCUT2D eigenvalue weighted by Gasteiger charge is 2.17. The first kappa shape index (κ1) is 17.9. The zero-order valence-electron chi connectivity index (χ0n) is 14.8. The Bertz CT molecular complexity index is 1150. The van der Waals surface area contributed by atoms with Crippen molar-refractivity contribution < 1.29 is 18.7 Å². The molecule has 0 fully saturated rings. The lowest BCUT2D eigenvalue weighted by atomic mass is 10.1. The Morgan fingerprint density at radius 2 is 2.04 bits per heavy atom. The third-order valence-electron chi connectivity index (χ3n) is 3.90. The Hall–Kier alpha value is -3.52. The van der Waals surface area contributed by atoms with Gasteiger partial charge >= 0.3 is 5.97 Å². The molecule has 4 rings (SSSR count). The smallest absolute Gasteiger partial charge is 0.339 e. The molecule has 0 aliphatic heterocycles. The van der Waals surface area contributed by atoms with Crippen LogP contribution < -0.4 is 5.32 Å². The first-order chi connectivity index (χ1) is 13.6. The molecule has 140 valence electrons. The number of carbonyl (C=O) groups excluding carboxylic acids is 2. The fourth-order valence-corrected chi connectivity index (χ4v) is 3.43. The number of fused-ring (bicyclic) bond motifs is 1.